The first-order valence-corrected chi connectivity index (χ1v) is 4.05. The molecular weight excluding hydrogens is 267 g/mol. The van der Waals surface area contributed by atoms with Gasteiger partial charge >= 0.3 is 0 Å². The molecule has 2 nitrogen and oxygen atoms in total. The van der Waals surface area contributed by atoms with Crippen LogP contribution in [0.4, 0.5) is 22.0 Å². The normalized spacial score (nSPS) is 11.6. The van der Waals surface area contributed by atoms with Gasteiger partial charge in [0.2, 0.25) is 5.82 Å². The number of nitrogens with two attached hydrogens (primary N) is 1. The fourth-order valence-electron chi connectivity index (χ4n) is 1.15. The quantitative estimate of drug-likeness (QED) is 0.511. The van der Waals surface area contributed by atoms with E-state index in [-0.39, 0.29) is 12.4 Å². The number of rotatable bonds is 2. The van der Waals surface area contributed by atoms with E-state index in [1.165, 1.54) is 6.07 Å². The minimum Gasteiger partial charge on any atom is -0.323 e. The third kappa shape index (κ3) is 2.65. The average molecular weight is 273 g/mol. The maximum Gasteiger partial charge on any atom is 0.200 e. The Hall–Kier alpha value is -1.39. The highest BCUT2D eigenvalue weighted by atomic mass is 35.5. The molecule has 1 rings (SSSR count). The molecule has 0 unspecified atom stereocenters. The van der Waals surface area contributed by atoms with Crippen molar-refractivity contribution >= 4 is 12.4 Å². The van der Waals surface area contributed by atoms with Crippen LogP contribution in [0.25, 0.3) is 0 Å². The molecule has 0 aromatic heterocycles. The summed E-state index contributed by atoms with van der Waals surface area (Å²) in [6.45, 7) is 0. The maximum absolute atomic E-state index is 13.1. The fraction of sp³-hybridized carbons (Fsp3) is 0.222. The van der Waals surface area contributed by atoms with Gasteiger partial charge in [-0.3, -0.25) is 0 Å². The van der Waals surface area contributed by atoms with E-state index in [9.17, 15) is 22.0 Å². The third-order valence-corrected chi connectivity index (χ3v) is 1.93. The Morgan fingerprint density at radius 1 is 0.941 bits per heavy atom. The van der Waals surface area contributed by atoms with Crippen molar-refractivity contribution in [3.8, 4) is 6.07 Å². The van der Waals surface area contributed by atoms with E-state index >= 15 is 0 Å². The molecule has 0 bridgehead atoms. The van der Waals surface area contributed by atoms with E-state index in [2.05, 4.69) is 0 Å². The first kappa shape index (κ1) is 15.6. The highest BCUT2D eigenvalue weighted by Gasteiger charge is 2.28. The first-order valence-electron chi connectivity index (χ1n) is 4.05. The van der Waals surface area contributed by atoms with E-state index in [0.717, 1.165) is 0 Å². The molecule has 1 aromatic rings. The molecule has 0 amide bonds. The molecule has 0 fully saturated rings. The van der Waals surface area contributed by atoms with Gasteiger partial charge in [-0.2, -0.15) is 5.26 Å². The molecule has 0 spiro atoms. The lowest BCUT2D eigenvalue weighted by Crippen LogP contribution is -2.17. The van der Waals surface area contributed by atoms with Crippen molar-refractivity contribution in [2.24, 2.45) is 5.73 Å². The number of halogens is 6. The van der Waals surface area contributed by atoms with Crippen molar-refractivity contribution in [1.29, 1.82) is 5.26 Å². The van der Waals surface area contributed by atoms with Gasteiger partial charge in [-0.15, -0.1) is 12.4 Å². The standard InChI is InChI=1S/C9H5F5N2.ClH/c10-5-4(3(16)1-2-15)6(11)8(13)9(14)7(5)12;/h3H,1,16H2;1H/t3-;/m0./s1. The van der Waals surface area contributed by atoms with Gasteiger partial charge in [0.25, 0.3) is 0 Å². The topological polar surface area (TPSA) is 49.8 Å². The molecule has 2 N–H and O–H groups in total. The maximum atomic E-state index is 13.1. The third-order valence-electron chi connectivity index (χ3n) is 1.93. The SMILES string of the molecule is Cl.N#CC[C@H](N)c1c(F)c(F)c(F)c(F)c1F. The summed E-state index contributed by atoms with van der Waals surface area (Å²) in [4.78, 5) is 0. The van der Waals surface area contributed by atoms with Gasteiger partial charge in [0.15, 0.2) is 23.3 Å². The molecule has 1 atom stereocenters. The van der Waals surface area contributed by atoms with Crippen molar-refractivity contribution in [2.45, 2.75) is 12.5 Å². The highest BCUT2D eigenvalue weighted by Crippen LogP contribution is 2.27. The summed E-state index contributed by atoms with van der Waals surface area (Å²) in [5.74, 6) is -10.4. The lowest BCUT2D eigenvalue weighted by molar-refractivity contribution is 0.364. The summed E-state index contributed by atoms with van der Waals surface area (Å²) < 4.78 is 64.2. The molecule has 17 heavy (non-hydrogen) atoms. The first-order chi connectivity index (χ1) is 7.41. The Balaban J connectivity index is 0.00000256. The van der Waals surface area contributed by atoms with Gasteiger partial charge in [-0.25, -0.2) is 22.0 Å². The zero-order valence-electron chi connectivity index (χ0n) is 8.11. The van der Waals surface area contributed by atoms with Gasteiger partial charge in [0.05, 0.1) is 12.5 Å². The van der Waals surface area contributed by atoms with Crippen molar-refractivity contribution in [1.82, 2.24) is 0 Å². The van der Waals surface area contributed by atoms with E-state index in [0.29, 0.717) is 0 Å². The van der Waals surface area contributed by atoms with Crippen molar-refractivity contribution in [2.75, 3.05) is 0 Å². The Kier molecular flexibility index (Phi) is 5.32. The van der Waals surface area contributed by atoms with Crippen LogP contribution in [0, 0.1) is 40.4 Å². The number of nitrogens with zero attached hydrogens (tertiary/aromatic N) is 1. The highest BCUT2D eigenvalue weighted by molar-refractivity contribution is 5.85. The van der Waals surface area contributed by atoms with Crippen molar-refractivity contribution < 1.29 is 22.0 Å². The summed E-state index contributed by atoms with van der Waals surface area (Å²) in [6.07, 6.45) is -0.557. The Morgan fingerprint density at radius 2 is 1.29 bits per heavy atom. The van der Waals surface area contributed by atoms with E-state index in [1.54, 1.807) is 0 Å². The van der Waals surface area contributed by atoms with E-state index in [4.69, 9.17) is 11.0 Å². The monoisotopic (exact) mass is 272 g/mol. The van der Waals surface area contributed by atoms with Crippen LogP contribution < -0.4 is 5.73 Å². The predicted molar refractivity (Wildman–Crippen MR) is 50.6 cm³/mol. The van der Waals surface area contributed by atoms with Crippen molar-refractivity contribution in [3.63, 3.8) is 0 Å². The smallest absolute Gasteiger partial charge is 0.200 e. The van der Waals surface area contributed by atoms with Crippen LogP contribution in [-0.2, 0) is 0 Å². The lowest BCUT2D eigenvalue weighted by Gasteiger charge is -2.12. The summed E-state index contributed by atoms with van der Waals surface area (Å²) >= 11 is 0. The minimum atomic E-state index is -2.25. The molecule has 1 aromatic carbocycles. The van der Waals surface area contributed by atoms with Gasteiger partial charge < -0.3 is 5.73 Å². The average Bonchev–Trinajstić information content (AvgIpc) is 2.24. The van der Waals surface area contributed by atoms with Crippen molar-refractivity contribution in [3.05, 3.63) is 34.6 Å². The van der Waals surface area contributed by atoms with E-state index in [1.807, 2.05) is 0 Å². The molecule has 0 saturated heterocycles. The molecule has 94 valence electrons. The summed E-state index contributed by atoms with van der Waals surface area (Å²) in [6, 6.07) is -0.0836. The van der Waals surface area contributed by atoms with Crippen LogP contribution in [0.2, 0.25) is 0 Å². The molecule has 0 aliphatic carbocycles. The number of hydrogen-bond acceptors (Lipinski definition) is 2. The lowest BCUT2D eigenvalue weighted by atomic mass is 10.0. The fourth-order valence-corrected chi connectivity index (χ4v) is 1.15. The summed E-state index contributed by atoms with van der Waals surface area (Å²) in [5.41, 5.74) is 3.97. The zero-order valence-corrected chi connectivity index (χ0v) is 8.92. The van der Waals surface area contributed by atoms with Crippen LogP contribution >= 0.6 is 12.4 Å². The zero-order chi connectivity index (χ0) is 12.5. The minimum absolute atomic E-state index is 0. The molecule has 0 radical (unpaired) electrons. The molecule has 0 aliphatic heterocycles. The van der Waals surface area contributed by atoms with Crippen LogP contribution in [-0.4, -0.2) is 0 Å². The largest absolute Gasteiger partial charge is 0.323 e. The Bertz CT molecular complexity index is 442. The van der Waals surface area contributed by atoms with Crippen LogP contribution in [0.5, 0.6) is 0 Å². The second kappa shape index (κ2) is 5.80. The van der Waals surface area contributed by atoms with E-state index < -0.39 is 47.1 Å². The second-order valence-corrected chi connectivity index (χ2v) is 2.95. The molecule has 8 heteroatoms. The summed E-state index contributed by atoms with van der Waals surface area (Å²) in [5, 5.41) is 8.24. The predicted octanol–water partition coefficient (Wildman–Crippen LogP) is 2.72. The number of benzene rings is 1. The number of nitriles is 1. The van der Waals surface area contributed by atoms with Gasteiger partial charge in [0, 0.05) is 11.6 Å². The molecule has 0 saturated carbocycles. The number of hydrogen-bond donors (Lipinski definition) is 1. The van der Waals surface area contributed by atoms with Gasteiger partial charge in [-0.05, 0) is 0 Å². The molecule has 0 aliphatic rings. The Morgan fingerprint density at radius 3 is 1.65 bits per heavy atom. The van der Waals surface area contributed by atoms with Gasteiger partial charge in [-0.1, -0.05) is 0 Å². The summed E-state index contributed by atoms with van der Waals surface area (Å²) in [7, 11) is 0. The molecular formula is C9H6ClF5N2. The molecule has 0 heterocycles. The van der Waals surface area contributed by atoms with Crippen LogP contribution in [0.15, 0.2) is 0 Å². The van der Waals surface area contributed by atoms with Crippen LogP contribution in [0.3, 0.4) is 0 Å². The van der Waals surface area contributed by atoms with Gasteiger partial charge in [0.1, 0.15) is 0 Å². The van der Waals surface area contributed by atoms with Crippen LogP contribution in [0.1, 0.15) is 18.0 Å². The second-order valence-electron chi connectivity index (χ2n) is 2.95. The Labute approximate surface area is 99.2 Å².